The molecule has 1 aromatic carbocycles. The van der Waals surface area contributed by atoms with Crippen molar-refractivity contribution in [3.05, 3.63) is 33.9 Å². The molecular weight excluding hydrogens is 252 g/mol. The van der Waals surface area contributed by atoms with Crippen LogP contribution >= 0.6 is 0 Å². The summed E-state index contributed by atoms with van der Waals surface area (Å²) in [6.07, 6.45) is 0.245. The van der Waals surface area contributed by atoms with Crippen molar-refractivity contribution in [2.24, 2.45) is 0 Å². The average molecular weight is 266 g/mol. The van der Waals surface area contributed by atoms with E-state index in [2.05, 4.69) is 5.32 Å². The van der Waals surface area contributed by atoms with E-state index in [4.69, 9.17) is 5.11 Å². The highest BCUT2D eigenvalue weighted by molar-refractivity contribution is 5.97. The highest BCUT2D eigenvalue weighted by atomic mass is 16.6. The second-order valence-corrected chi connectivity index (χ2v) is 3.97. The van der Waals surface area contributed by atoms with Gasteiger partial charge < -0.3 is 10.4 Å². The number of rotatable bonds is 6. The molecule has 0 aromatic heterocycles. The molecule has 2 N–H and O–H groups in total. The quantitative estimate of drug-likeness (QED) is 0.463. The Hall–Kier alpha value is -2.44. The van der Waals surface area contributed by atoms with E-state index < -0.39 is 16.9 Å². The third kappa shape index (κ3) is 3.51. The number of nitrogens with one attached hydrogen (secondary N) is 1. The highest BCUT2D eigenvalue weighted by Gasteiger charge is 2.20. The molecule has 1 aromatic rings. The number of carboxylic acids is 1. The molecule has 1 atom stereocenters. The molecule has 102 valence electrons. The van der Waals surface area contributed by atoms with Gasteiger partial charge in [0.1, 0.15) is 11.7 Å². The fourth-order valence-corrected chi connectivity index (χ4v) is 1.48. The molecule has 0 spiro atoms. The Morgan fingerprint density at radius 1 is 1.47 bits per heavy atom. The molecule has 1 rings (SSSR count). The van der Waals surface area contributed by atoms with Crippen LogP contribution in [0, 0.1) is 10.1 Å². The Morgan fingerprint density at radius 2 is 2.11 bits per heavy atom. The van der Waals surface area contributed by atoms with Gasteiger partial charge in [-0.15, -0.1) is 0 Å². The van der Waals surface area contributed by atoms with Crippen LogP contribution in [0.5, 0.6) is 0 Å². The summed E-state index contributed by atoms with van der Waals surface area (Å²) in [4.78, 5) is 32.5. The molecule has 7 nitrogen and oxygen atoms in total. The van der Waals surface area contributed by atoms with Crippen LogP contribution in [0.15, 0.2) is 18.2 Å². The fourth-order valence-electron chi connectivity index (χ4n) is 1.48. The number of ketones is 1. The minimum atomic E-state index is -1.12. The third-order valence-corrected chi connectivity index (χ3v) is 2.58. The molecule has 0 aliphatic carbocycles. The summed E-state index contributed by atoms with van der Waals surface area (Å²) >= 11 is 0. The Balaban J connectivity index is 3.15. The Morgan fingerprint density at radius 3 is 2.58 bits per heavy atom. The number of Topliss-reactive ketones (excluding diaryl/α,β-unsaturated/α-hetero) is 1. The number of carbonyl (C=O) groups excluding carboxylic acids is 1. The molecule has 0 amide bonds. The van der Waals surface area contributed by atoms with E-state index in [9.17, 15) is 19.7 Å². The number of nitro groups is 1. The molecule has 0 unspecified atom stereocenters. The first-order valence-electron chi connectivity index (χ1n) is 5.67. The van der Waals surface area contributed by atoms with E-state index in [1.165, 1.54) is 19.1 Å². The first-order valence-corrected chi connectivity index (χ1v) is 5.67. The number of carboxylic acid groups (broad SMARTS) is 1. The van der Waals surface area contributed by atoms with Gasteiger partial charge in [0.25, 0.3) is 5.69 Å². The molecule has 0 fully saturated rings. The lowest BCUT2D eigenvalue weighted by atomic mass is 10.1. The number of benzene rings is 1. The lowest BCUT2D eigenvalue weighted by Crippen LogP contribution is -2.25. The van der Waals surface area contributed by atoms with Gasteiger partial charge in [-0.2, -0.15) is 0 Å². The van der Waals surface area contributed by atoms with Gasteiger partial charge >= 0.3 is 5.97 Å². The second-order valence-electron chi connectivity index (χ2n) is 3.97. The van der Waals surface area contributed by atoms with E-state index in [0.29, 0.717) is 0 Å². The molecule has 0 saturated heterocycles. The zero-order valence-electron chi connectivity index (χ0n) is 10.5. The Labute approximate surface area is 109 Å². The Bertz CT molecular complexity index is 527. The lowest BCUT2D eigenvalue weighted by molar-refractivity contribution is -0.384. The van der Waals surface area contributed by atoms with Gasteiger partial charge in [-0.05, 0) is 19.1 Å². The van der Waals surface area contributed by atoms with Gasteiger partial charge in [-0.25, -0.2) is 0 Å². The fraction of sp³-hybridized carbons (Fsp3) is 0.333. The SMILES string of the molecule is CCC(=O)c1ccc(N[C@H](C)C(=O)O)c([N+](=O)[O-])c1. The minimum absolute atomic E-state index is 0.0764. The van der Waals surface area contributed by atoms with Crippen molar-refractivity contribution in [1.29, 1.82) is 0 Å². The first kappa shape index (κ1) is 14.6. The van der Waals surface area contributed by atoms with Crippen molar-refractivity contribution in [3.8, 4) is 0 Å². The largest absolute Gasteiger partial charge is 0.480 e. The number of nitro benzene ring substituents is 1. The van der Waals surface area contributed by atoms with Gasteiger partial charge in [0.15, 0.2) is 5.78 Å². The number of hydrogen-bond acceptors (Lipinski definition) is 5. The van der Waals surface area contributed by atoms with Crippen molar-refractivity contribution in [2.75, 3.05) is 5.32 Å². The Kier molecular flexibility index (Phi) is 4.57. The van der Waals surface area contributed by atoms with Gasteiger partial charge in [0, 0.05) is 18.1 Å². The minimum Gasteiger partial charge on any atom is -0.480 e. The van der Waals surface area contributed by atoms with Crippen molar-refractivity contribution in [1.82, 2.24) is 0 Å². The molecule has 0 heterocycles. The van der Waals surface area contributed by atoms with Crippen LogP contribution in [-0.2, 0) is 4.79 Å². The zero-order chi connectivity index (χ0) is 14.6. The van der Waals surface area contributed by atoms with Crippen molar-refractivity contribution >= 4 is 23.1 Å². The maximum Gasteiger partial charge on any atom is 0.325 e. The van der Waals surface area contributed by atoms with E-state index in [0.717, 1.165) is 6.07 Å². The number of aliphatic carboxylic acids is 1. The number of nitrogens with zero attached hydrogens (tertiary/aromatic N) is 1. The van der Waals surface area contributed by atoms with E-state index >= 15 is 0 Å². The second kappa shape index (κ2) is 5.94. The summed E-state index contributed by atoms with van der Waals surface area (Å²) in [5, 5.41) is 22.2. The number of anilines is 1. The molecular formula is C12H14N2O5. The number of carbonyl (C=O) groups is 2. The average Bonchev–Trinajstić information content (AvgIpc) is 2.37. The highest BCUT2D eigenvalue weighted by Crippen LogP contribution is 2.26. The summed E-state index contributed by atoms with van der Waals surface area (Å²) in [6.45, 7) is 3.03. The molecule has 19 heavy (non-hydrogen) atoms. The smallest absolute Gasteiger partial charge is 0.325 e. The van der Waals surface area contributed by atoms with Crippen LogP contribution in [-0.4, -0.2) is 27.8 Å². The summed E-state index contributed by atoms with van der Waals surface area (Å²) < 4.78 is 0. The molecule has 0 saturated carbocycles. The predicted molar refractivity (Wildman–Crippen MR) is 68.4 cm³/mol. The zero-order valence-corrected chi connectivity index (χ0v) is 10.5. The van der Waals surface area contributed by atoms with Crippen molar-refractivity contribution in [3.63, 3.8) is 0 Å². The monoisotopic (exact) mass is 266 g/mol. The summed E-state index contributed by atoms with van der Waals surface area (Å²) in [7, 11) is 0. The van der Waals surface area contributed by atoms with Crippen molar-refractivity contribution in [2.45, 2.75) is 26.3 Å². The lowest BCUT2D eigenvalue weighted by Gasteiger charge is -2.11. The van der Waals surface area contributed by atoms with Gasteiger partial charge in [0.2, 0.25) is 0 Å². The molecule has 0 aliphatic heterocycles. The normalized spacial score (nSPS) is 11.7. The first-order chi connectivity index (χ1) is 8.86. The topological polar surface area (TPSA) is 110 Å². The molecule has 7 heteroatoms. The molecule has 0 aliphatic rings. The van der Waals surface area contributed by atoms with Crippen LogP contribution in [0.1, 0.15) is 30.6 Å². The van der Waals surface area contributed by atoms with Crippen LogP contribution < -0.4 is 5.32 Å². The predicted octanol–water partition coefficient (Wildman–Crippen LogP) is 2.07. The summed E-state index contributed by atoms with van der Waals surface area (Å²) in [6, 6.07) is 2.98. The number of hydrogen-bond donors (Lipinski definition) is 2. The van der Waals surface area contributed by atoms with Gasteiger partial charge in [-0.3, -0.25) is 19.7 Å². The van der Waals surface area contributed by atoms with Crippen LogP contribution in [0.25, 0.3) is 0 Å². The van der Waals surface area contributed by atoms with E-state index in [1.54, 1.807) is 6.92 Å². The van der Waals surface area contributed by atoms with E-state index in [-0.39, 0.29) is 29.1 Å². The molecule has 0 radical (unpaired) electrons. The van der Waals surface area contributed by atoms with Crippen LogP contribution in [0.2, 0.25) is 0 Å². The van der Waals surface area contributed by atoms with Crippen LogP contribution in [0.3, 0.4) is 0 Å². The van der Waals surface area contributed by atoms with Gasteiger partial charge in [-0.1, -0.05) is 6.92 Å². The maximum absolute atomic E-state index is 11.5. The third-order valence-electron chi connectivity index (χ3n) is 2.58. The van der Waals surface area contributed by atoms with Crippen molar-refractivity contribution < 1.29 is 19.6 Å². The summed E-state index contributed by atoms with van der Waals surface area (Å²) in [5.41, 5.74) is 0.00248. The van der Waals surface area contributed by atoms with Crippen LogP contribution in [0.4, 0.5) is 11.4 Å². The standard InChI is InChI=1S/C12H14N2O5/c1-3-11(15)8-4-5-9(10(6-8)14(18)19)13-7(2)12(16)17/h4-7,13H,3H2,1-2H3,(H,16,17)/t7-/m1/s1. The molecule has 0 bridgehead atoms. The van der Waals surface area contributed by atoms with Gasteiger partial charge in [0.05, 0.1) is 4.92 Å². The maximum atomic E-state index is 11.5. The van der Waals surface area contributed by atoms with E-state index in [1.807, 2.05) is 0 Å². The summed E-state index contributed by atoms with van der Waals surface area (Å²) in [5.74, 6) is -1.33.